The molecule has 2 rings (SSSR count). The number of aromatic nitrogens is 1. The Bertz CT molecular complexity index is 742. The third kappa shape index (κ3) is 5.06. The molecule has 1 atom stereocenters. The van der Waals surface area contributed by atoms with E-state index in [-0.39, 0.29) is 12.3 Å². The van der Waals surface area contributed by atoms with Crippen molar-refractivity contribution in [2.24, 2.45) is 0 Å². The molecule has 0 aliphatic carbocycles. The molecule has 6 nitrogen and oxygen atoms in total. The minimum Gasteiger partial charge on any atom is -0.480 e. The molecule has 1 unspecified atom stereocenters. The molecule has 1 amide bonds. The molecule has 0 saturated heterocycles. The molecule has 0 saturated carbocycles. The number of oxazole rings is 1. The van der Waals surface area contributed by atoms with Gasteiger partial charge in [0.15, 0.2) is 11.7 Å². The first-order valence-corrected chi connectivity index (χ1v) is 8.47. The Morgan fingerprint density at radius 3 is 2.60 bits per heavy atom. The van der Waals surface area contributed by atoms with E-state index in [2.05, 4.69) is 10.3 Å². The van der Waals surface area contributed by atoms with E-state index in [9.17, 15) is 14.7 Å². The van der Waals surface area contributed by atoms with Crippen LogP contribution in [0.5, 0.6) is 0 Å². The minimum atomic E-state index is -1.25. The standard InChI is InChI=1S/C18H21ClN2O4/c1-3-10-18(2,17(23)24)21-15(22)8-9-16-20-11-14(25-16)12-4-6-13(19)7-5-12/h4-7,11H,3,8-10H2,1-2H3,(H,21,22)(H,23,24). The molecule has 0 aliphatic rings. The van der Waals surface area contributed by atoms with E-state index in [1.54, 1.807) is 18.3 Å². The molecule has 1 aromatic carbocycles. The highest BCUT2D eigenvalue weighted by Crippen LogP contribution is 2.22. The summed E-state index contributed by atoms with van der Waals surface area (Å²) in [5.41, 5.74) is -0.411. The van der Waals surface area contributed by atoms with Gasteiger partial charge in [0.1, 0.15) is 5.54 Å². The van der Waals surface area contributed by atoms with E-state index in [0.29, 0.717) is 35.9 Å². The Kier molecular flexibility index (Phi) is 6.20. The van der Waals surface area contributed by atoms with Crippen LogP contribution in [0.2, 0.25) is 5.02 Å². The van der Waals surface area contributed by atoms with Crippen molar-refractivity contribution in [1.82, 2.24) is 10.3 Å². The lowest BCUT2D eigenvalue weighted by molar-refractivity contribution is -0.147. The molecule has 0 aliphatic heterocycles. The maximum atomic E-state index is 12.1. The van der Waals surface area contributed by atoms with Gasteiger partial charge < -0.3 is 14.8 Å². The van der Waals surface area contributed by atoms with E-state index >= 15 is 0 Å². The van der Waals surface area contributed by atoms with Crippen LogP contribution in [0.1, 0.15) is 39.0 Å². The topological polar surface area (TPSA) is 92.4 Å². The quantitative estimate of drug-likeness (QED) is 0.745. The Labute approximate surface area is 151 Å². The lowest BCUT2D eigenvalue weighted by Gasteiger charge is -2.25. The van der Waals surface area contributed by atoms with Crippen LogP contribution in [0.4, 0.5) is 0 Å². The summed E-state index contributed by atoms with van der Waals surface area (Å²) >= 11 is 5.85. The van der Waals surface area contributed by atoms with Gasteiger partial charge in [-0.05, 0) is 37.6 Å². The average molecular weight is 365 g/mol. The van der Waals surface area contributed by atoms with Crippen LogP contribution in [0.15, 0.2) is 34.9 Å². The summed E-state index contributed by atoms with van der Waals surface area (Å²) in [5, 5.41) is 12.5. The summed E-state index contributed by atoms with van der Waals surface area (Å²) in [6, 6.07) is 7.16. The maximum Gasteiger partial charge on any atom is 0.329 e. The number of hydrogen-bond acceptors (Lipinski definition) is 4. The highest BCUT2D eigenvalue weighted by molar-refractivity contribution is 6.30. The Balaban J connectivity index is 1.94. The number of benzene rings is 1. The number of amides is 1. The zero-order chi connectivity index (χ0) is 18.4. The van der Waals surface area contributed by atoms with E-state index < -0.39 is 11.5 Å². The van der Waals surface area contributed by atoms with Crippen molar-refractivity contribution in [3.63, 3.8) is 0 Å². The largest absolute Gasteiger partial charge is 0.480 e. The molecule has 0 fully saturated rings. The normalized spacial score (nSPS) is 13.2. The number of carboxylic acid groups (broad SMARTS) is 1. The van der Waals surface area contributed by atoms with E-state index in [1.165, 1.54) is 6.92 Å². The van der Waals surface area contributed by atoms with Gasteiger partial charge in [-0.25, -0.2) is 9.78 Å². The molecule has 0 spiro atoms. The highest BCUT2D eigenvalue weighted by Gasteiger charge is 2.33. The number of aryl methyl sites for hydroxylation is 1. The van der Waals surface area contributed by atoms with Crippen molar-refractivity contribution in [1.29, 1.82) is 0 Å². The summed E-state index contributed by atoms with van der Waals surface area (Å²) in [6.07, 6.45) is 3.02. The van der Waals surface area contributed by atoms with Crippen LogP contribution in [0.25, 0.3) is 11.3 Å². The predicted molar refractivity (Wildman–Crippen MR) is 94.4 cm³/mol. The first-order valence-electron chi connectivity index (χ1n) is 8.09. The number of aliphatic carboxylic acids is 1. The molecule has 2 aromatic rings. The summed E-state index contributed by atoms with van der Waals surface area (Å²) in [6.45, 7) is 3.39. The molecule has 2 N–H and O–H groups in total. The molecular formula is C18H21ClN2O4. The molecule has 25 heavy (non-hydrogen) atoms. The van der Waals surface area contributed by atoms with Gasteiger partial charge in [0.2, 0.25) is 5.91 Å². The van der Waals surface area contributed by atoms with Crippen LogP contribution in [0, 0.1) is 0 Å². The second-order valence-electron chi connectivity index (χ2n) is 6.06. The average Bonchev–Trinajstić information content (AvgIpc) is 3.02. The van der Waals surface area contributed by atoms with Crippen molar-refractivity contribution >= 4 is 23.5 Å². The second kappa shape index (κ2) is 8.16. The lowest BCUT2D eigenvalue weighted by atomic mass is 9.96. The van der Waals surface area contributed by atoms with Gasteiger partial charge in [0.05, 0.1) is 6.20 Å². The molecule has 0 radical (unpaired) electrons. The van der Waals surface area contributed by atoms with Crippen molar-refractivity contribution in [2.45, 2.75) is 45.1 Å². The summed E-state index contributed by atoms with van der Waals surface area (Å²) in [7, 11) is 0. The number of halogens is 1. The van der Waals surface area contributed by atoms with Crippen LogP contribution in [0.3, 0.4) is 0 Å². The van der Waals surface area contributed by atoms with Gasteiger partial charge >= 0.3 is 5.97 Å². The third-order valence-corrected chi connectivity index (χ3v) is 4.14. The minimum absolute atomic E-state index is 0.104. The number of nitrogens with zero attached hydrogens (tertiary/aromatic N) is 1. The van der Waals surface area contributed by atoms with E-state index in [0.717, 1.165) is 5.56 Å². The number of hydrogen-bond donors (Lipinski definition) is 2. The van der Waals surface area contributed by atoms with E-state index in [4.69, 9.17) is 16.0 Å². The number of nitrogens with one attached hydrogen (secondary N) is 1. The van der Waals surface area contributed by atoms with Crippen LogP contribution in [-0.4, -0.2) is 27.5 Å². The van der Waals surface area contributed by atoms with Crippen LogP contribution < -0.4 is 5.32 Å². The zero-order valence-electron chi connectivity index (χ0n) is 14.2. The van der Waals surface area contributed by atoms with Crippen molar-refractivity contribution in [3.8, 4) is 11.3 Å². The fraction of sp³-hybridized carbons (Fsp3) is 0.389. The van der Waals surface area contributed by atoms with Crippen molar-refractivity contribution < 1.29 is 19.1 Å². The SMILES string of the molecule is CCCC(C)(NC(=O)CCc1ncc(-c2ccc(Cl)cc2)o1)C(=O)O. The predicted octanol–water partition coefficient (Wildman–Crippen LogP) is 3.69. The molecule has 1 heterocycles. The van der Waals surface area contributed by atoms with Gasteiger partial charge in [-0.1, -0.05) is 24.9 Å². The Morgan fingerprint density at radius 1 is 1.32 bits per heavy atom. The Hall–Kier alpha value is -2.34. The van der Waals surface area contributed by atoms with Crippen molar-refractivity contribution in [3.05, 3.63) is 41.4 Å². The first-order chi connectivity index (χ1) is 11.8. The molecule has 1 aromatic heterocycles. The monoisotopic (exact) mass is 364 g/mol. The second-order valence-corrected chi connectivity index (χ2v) is 6.50. The zero-order valence-corrected chi connectivity index (χ0v) is 15.0. The number of carboxylic acids is 1. The number of carbonyl (C=O) groups excluding carboxylic acids is 1. The van der Waals surface area contributed by atoms with Gasteiger partial charge in [0.25, 0.3) is 0 Å². The molecular weight excluding hydrogens is 344 g/mol. The summed E-state index contributed by atoms with van der Waals surface area (Å²) in [5.74, 6) is -0.366. The van der Waals surface area contributed by atoms with Gasteiger partial charge in [0, 0.05) is 23.4 Å². The summed E-state index contributed by atoms with van der Waals surface area (Å²) < 4.78 is 5.63. The smallest absolute Gasteiger partial charge is 0.329 e. The third-order valence-electron chi connectivity index (χ3n) is 3.89. The van der Waals surface area contributed by atoms with Gasteiger partial charge in [-0.2, -0.15) is 0 Å². The molecule has 134 valence electrons. The van der Waals surface area contributed by atoms with Gasteiger partial charge in [-0.3, -0.25) is 4.79 Å². The lowest BCUT2D eigenvalue weighted by Crippen LogP contribution is -2.52. The Morgan fingerprint density at radius 2 is 2.00 bits per heavy atom. The summed E-state index contributed by atoms with van der Waals surface area (Å²) in [4.78, 5) is 27.6. The van der Waals surface area contributed by atoms with Crippen LogP contribution >= 0.6 is 11.6 Å². The first kappa shape index (κ1) is 19.0. The van der Waals surface area contributed by atoms with Crippen molar-refractivity contribution in [2.75, 3.05) is 0 Å². The molecule has 7 heteroatoms. The van der Waals surface area contributed by atoms with Crippen LogP contribution in [-0.2, 0) is 16.0 Å². The number of rotatable bonds is 8. The fourth-order valence-electron chi connectivity index (χ4n) is 2.49. The maximum absolute atomic E-state index is 12.1. The fourth-order valence-corrected chi connectivity index (χ4v) is 2.61. The number of carbonyl (C=O) groups is 2. The highest BCUT2D eigenvalue weighted by atomic mass is 35.5. The van der Waals surface area contributed by atoms with E-state index in [1.807, 2.05) is 19.1 Å². The van der Waals surface area contributed by atoms with Gasteiger partial charge in [-0.15, -0.1) is 0 Å². The molecule has 0 bridgehead atoms.